The van der Waals surface area contributed by atoms with Gasteiger partial charge in [0.25, 0.3) is 0 Å². The molecule has 0 N–H and O–H groups in total. The van der Waals surface area contributed by atoms with Gasteiger partial charge in [-0.1, -0.05) is 51.9 Å². The van der Waals surface area contributed by atoms with Gasteiger partial charge in [-0.25, -0.2) is 0 Å². The predicted molar refractivity (Wildman–Crippen MR) is 63.9 cm³/mol. The van der Waals surface area contributed by atoms with E-state index in [0.717, 1.165) is 12.1 Å². The van der Waals surface area contributed by atoms with Crippen LogP contribution in [-0.2, 0) is 6.42 Å². The van der Waals surface area contributed by atoms with Crippen molar-refractivity contribution >= 4 is 0 Å². The highest BCUT2D eigenvalue weighted by atomic mass is 15.4. The third-order valence-electron chi connectivity index (χ3n) is 2.76. The maximum Gasteiger partial charge on any atom is 0.0851 e. The van der Waals surface area contributed by atoms with Crippen molar-refractivity contribution < 1.29 is 0 Å². The van der Waals surface area contributed by atoms with Gasteiger partial charge < -0.3 is 0 Å². The molecule has 0 atom stereocenters. The second-order valence-corrected chi connectivity index (χ2v) is 4.24. The second kappa shape index (κ2) is 9.19. The van der Waals surface area contributed by atoms with Gasteiger partial charge >= 0.3 is 0 Å². The van der Waals surface area contributed by atoms with Crippen LogP contribution in [0.25, 0.3) is 0 Å². The third-order valence-corrected chi connectivity index (χ3v) is 2.76. The minimum absolute atomic E-state index is 0.959. The number of hydrogen-bond acceptors (Lipinski definition) is 4. The summed E-state index contributed by atoms with van der Waals surface area (Å²) in [6.07, 6.45) is 13.4. The minimum Gasteiger partial charge on any atom is -0.135 e. The maximum atomic E-state index is 3.91. The van der Waals surface area contributed by atoms with Crippen LogP contribution in [0.15, 0.2) is 6.20 Å². The van der Waals surface area contributed by atoms with E-state index >= 15 is 0 Å². The van der Waals surface area contributed by atoms with E-state index in [-0.39, 0.29) is 0 Å². The van der Waals surface area contributed by atoms with Gasteiger partial charge in [-0.15, -0.1) is 10.2 Å². The predicted octanol–water partition coefficient (Wildman–Crippen LogP) is 2.95. The van der Waals surface area contributed by atoms with E-state index in [9.17, 15) is 0 Å². The molecule has 1 heterocycles. The third kappa shape index (κ3) is 6.43. The molecule has 1 rings (SSSR count). The van der Waals surface area contributed by atoms with Crippen LogP contribution in [0.1, 0.15) is 64.0 Å². The van der Waals surface area contributed by atoms with Gasteiger partial charge in [0.05, 0.1) is 11.9 Å². The van der Waals surface area contributed by atoms with Crippen molar-refractivity contribution in [3.63, 3.8) is 0 Å². The van der Waals surface area contributed by atoms with Crippen LogP contribution in [0.2, 0.25) is 0 Å². The molecule has 4 heteroatoms. The van der Waals surface area contributed by atoms with Gasteiger partial charge in [-0.05, 0) is 23.3 Å². The Bertz CT molecular complexity index is 250. The van der Waals surface area contributed by atoms with E-state index in [1.54, 1.807) is 6.20 Å². The number of nitrogens with zero attached hydrogens (tertiary/aromatic N) is 4. The molecule has 0 radical (unpaired) electrons. The first kappa shape index (κ1) is 13.0. The molecule has 0 aromatic carbocycles. The lowest BCUT2D eigenvalue weighted by Gasteiger charge is -2.00. The fraction of sp³-hybridized carbons (Fsp3) is 0.833. The highest BCUT2D eigenvalue weighted by molar-refractivity contribution is 4.88. The quantitative estimate of drug-likeness (QED) is 0.603. The Hall–Kier alpha value is -1.06. The lowest BCUT2D eigenvalue weighted by molar-refractivity contribution is 0.570. The van der Waals surface area contributed by atoms with Crippen molar-refractivity contribution in [2.24, 2.45) is 0 Å². The second-order valence-electron chi connectivity index (χ2n) is 4.24. The van der Waals surface area contributed by atoms with Crippen LogP contribution in [0.4, 0.5) is 0 Å². The van der Waals surface area contributed by atoms with Gasteiger partial charge in [0.1, 0.15) is 0 Å². The van der Waals surface area contributed by atoms with Crippen LogP contribution in [0, 0.1) is 0 Å². The molecule has 0 aliphatic rings. The average Bonchev–Trinajstić information content (AvgIpc) is 2.34. The molecule has 0 saturated carbocycles. The van der Waals surface area contributed by atoms with Gasteiger partial charge in [0, 0.05) is 0 Å². The Balaban J connectivity index is 1.89. The molecule has 0 unspecified atom stereocenters. The molecule has 0 aliphatic heterocycles. The summed E-state index contributed by atoms with van der Waals surface area (Å²) in [6, 6.07) is 0. The van der Waals surface area contributed by atoms with Gasteiger partial charge in [-0.2, -0.15) is 0 Å². The van der Waals surface area contributed by atoms with E-state index in [0.29, 0.717) is 0 Å². The number of unbranched alkanes of at least 4 members (excludes halogenated alkanes) is 7. The molecule has 0 spiro atoms. The summed E-state index contributed by atoms with van der Waals surface area (Å²) in [4.78, 5) is 0. The van der Waals surface area contributed by atoms with Crippen LogP contribution in [0.3, 0.4) is 0 Å². The SMILES string of the molecule is CCCCCCCCCCc1cnnnn1. The zero-order valence-electron chi connectivity index (χ0n) is 10.2. The summed E-state index contributed by atoms with van der Waals surface area (Å²) in [6.45, 7) is 2.25. The molecular weight excluding hydrogens is 200 g/mol. The van der Waals surface area contributed by atoms with Crippen LogP contribution >= 0.6 is 0 Å². The van der Waals surface area contributed by atoms with Crippen LogP contribution in [-0.4, -0.2) is 20.6 Å². The highest BCUT2D eigenvalue weighted by Crippen LogP contribution is 2.09. The minimum atomic E-state index is 0.959. The maximum absolute atomic E-state index is 3.91. The summed E-state index contributed by atoms with van der Waals surface area (Å²) in [5, 5.41) is 14.6. The lowest BCUT2D eigenvalue weighted by Crippen LogP contribution is -1.97. The van der Waals surface area contributed by atoms with Gasteiger partial charge in [0.2, 0.25) is 0 Å². The summed E-state index contributed by atoms with van der Waals surface area (Å²) in [5.41, 5.74) is 0.959. The first-order valence-electron chi connectivity index (χ1n) is 6.43. The fourth-order valence-corrected chi connectivity index (χ4v) is 1.77. The number of aromatic nitrogens is 4. The van der Waals surface area contributed by atoms with Crippen LogP contribution < -0.4 is 0 Å². The summed E-state index contributed by atoms with van der Waals surface area (Å²) in [7, 11) is 0. The van der Waals surface area contributed by atoms with Crippen molar-refractivity contribution in [3.8, 4) is 0 Å². The Morgan fingerprint density at radius 1 is 0.875 bits per heavy atom. The normalized spacial score (nSPS) is 10.6. The first-order chi connectivity index (χ1) is 7.93. The molecule has 0 fully saturated rings. The van der Waals surface area contributed by atoms with E-state index in [1.165, 1.54) is 51.4 Å². The van der Waals surface area contributed by atoms with E-state index in [4.69, 9.17) is 0 Å². The fourth-order valence-electron chi connectivity index (χ4n) is 1.77. The smallest absolute Gasteiger partial charge is 0.0851 e. The zero-order valence-corrected chi connectivity index (χ0v) is 10.2. The molecule has 0 amide bonds. The highest BCUT2D eigenvalue weighted by Gasteiger charge is 1.96. The molecule has 4 nitrogen and oxygen atoms in total. The monoisotopic (exact) mass is 222 g/mol. The molecule has 0 saturated heterocycles. The standard InChI is InChI=1S/C12H22N4/c1-2-3-4-5-6-7-8-9-10-12-11-13-15-16-14-12/h11H,2-10H2,1H3. The summed E-state index contributed by atoms with van der Waals surface area (Å²) in [5.74, 6) is 0. The van der Waals surface area contributed by atoms with Crippen molar-refractivity contribution in [2.75, 3.05) is 0 Å². The zero-order chi connectivity index (χ0) is 11.5. The number of aryl methyl sites for hydroxylation is 1. The Morgan fingerprint density at radius 2 is 1.56 bits per heavy atom. The molecule has 16 heavy (non-hydrogen) atoms. The number of rotatable bonds is 9. The Kier molecular flexibility index (Phi) is 7.47. The Labute approximate surface area is 97.9 Å². The average molecular weight is 222 g/mol. The molecule has 0 bridgehead atoms. The lowest BCUT2D eigenvalue weighted by atomic mass is 10.1. The molecule has 1 aromatic rings. The Morgan fingerprint density at radius 3 is 2.19 bits per heavy atom. The molecule has 1 aromatic heterocycles. The largest absolute Gasteiger partial charge is 0.135 e. The van der Waals surface area contributed by atoms with Crippen molar-refractivity contribution in [2.45, 2.75) is 64.7 Å². The molecule has 0 aliphatic carbocycles. The topological polar surface area (TPSA) is 51.6 Å². The van der Waals surface area contributed by atoms with E-state index in [2.05, 4.69) is 27.5 Å². The van der Waals surface area contributed by atoms with Crippen LogP contribution in [0.5, 0.6) is 0 Å². The molecular formula is C12H22N4. The molecule has 90 valence electrons. The summed E-state index contributed by atoms with van der Waals surface area (Å²) < 4.78 is 0. The van der Waals surface area contributed by atoms with Gasteiger partial charge in [0.15, 0.2) is 0 Å². The first-order valence-corrected chi connectivity index (χ1v) is 6.43. The summed E-state index contributed by atoms with van der Waals surface area (Å²) >= 11 is 0. The number of hydrogen-bond donors (Lipinski definition) is 0. The van der Waals surface area contributed by atoms with Crippen molar-refractivity contribution in [3.05, 3.63) is 11.9 Å². The van der Waals surface area contributed by atoms with Gasteiger partial charge in [-0.3, -0.25) is 0 Å². The van der Waals surface area contributed by atoms with Crippen molar-refractivity contribution in [1.29, 1.82) is 0 Å². The van der Waals surface area contributed by atoms with E-state index in [1.807, 2.05) is 0 Å². The van der Waals surface area contributed by atoms with E-state index < -0.39 is 0 Å². The van der Waals surface area contributed by atoms with Crippen molar-refractivity contribution in [1.82, 2.24) is 20.6 Å².